The van der Waals surface area contributed by atoms with E-state index < -0.39 is 6.04 Å². The third kappa shape index (κ3) is 2.29. The number of carbonyl (C=O) groups is 1. The fourth-order valence-corrected chi connectivity index (χ4v) is 3.12. The quantitative estimate of drug-likeness (QED) is 0.785. The van der Waals surface area contributed by atoms with Crippen molar-refractivity contribution in [2.75, 3.05) is 6.54 Å². The number of aromatic nitrogens is 3. The number of hydrogen-bond donors (Lipinski definition) is 1. The molecule has 1 aliphatic rings. The Hall–Kier alpha value is -2.96. The van der Waals surface area contributed by atoms with Crippen molar-refractivity contribution < 1.29 is 13.7 Å². The number of aryl methyl sites for hydroxylation is 1. The number of nitrogens with one attached hydrogen (secondary N) is 1. The third-order valence-corrected chi connectivity index (χ3v) is 4.23. The van der Waals surface area contributed by atoms with E-state index in [0.717, 1.165) is 5.69 Å². The molecule has 0 fully saturated rings. The number of H-pyrrole nitrogens is 1. The maximum Gasteiger partial charge on any atom is 0.276 e. The molecule has 3 aromatic rings. The highest BCUT2D eigenvalue weighted by Gasteiger charge is 2.36. The normalized spacial score (nSPS) is 16.9. The number of benzene rings is 1. The molecular weight excluding hydrogens is 311 g/mol. The van der Waals surface area contributed by atoms with E-state index in [1.165, 1.54) is 6.07 Å². The van der Waals surface area contributed by atoms with Crippen LogP contribution in [-0.4, -0.2) is 32.5 Å². The van der Waals surface area contributed by atoms with E-state index in [0.29, 0.717) is 30.0 Å². The lowest BCUT2D eigenvalue weighted by atomic mass is 9.95. The van der Waals surface area contributed by atoms with Crippen LogP contribution in [-0.2, 0) is 6.42 Å². The Morgan fingerprint density at radius 2 is 2.25 bits per heavy atom. The zero-order valence-electron chi connectivity index (χ0n) is 13.0. The molecule has 1 aliphatic heterocycles. The van der Waals surface area contributed by atoms with Crippen molar-refractivity contribution in [2.24, 2.45) is 0 Å². The Bertz CT molecular complexity index is 901. The molecule has 0 bridgehead atoms. The van der Waals surface area contributed by atoms with Gasteiger partial charge in [-0.3, -0.25) is 4.79 Å². The van der Waals surface area contributed by atoms with Crippen LogP contribution in [0.25, 0.3) is 0 Å². The van der Waals surface area contributed by atoms with Gasteiger partial charge in [-0.25, -0.2) is 9.37 Å². The number of imidazole rings is 1. The first-order valence-corrected chi connectivity index (χ1v) is 7.66. The lowest BCUT2D eigenvalue weighted by molar-refractivity contribution is 0.0677. The molecule has 1 aromatic carbocycles. The highest BCUT2D eigenvalue weighted by atomic mass is 19.1. The van der Waals surface area contributed by atoms with Gasteiger partial charge in [0.1, 0.15) is 17.6 Å². The van der Waals surface area contributed by atoms with Crippen LogP contribution in [0.15, 0.2) is 41.2 Å². The van der Waals surface area contributed by atoms with Crippen molar-refractivity contribution in [3.05, 3.63) is 70.9 Å². The van der Waals surface area contributed by atoms with E-state index in [4.69, 9.17) is 4.52 Å². The molecule has 7 heteroatoms. The molecule has 4 rings (SSSR count). The Morgan fingerprint density at radius 1 is 1.42 bits per heavy atom. The second-order valence-corrected chi connectivity index (χ2v) is 5.76. The highest BCUT2D eigenvalue weighted by molar-refractivity contribution is 5.93. The van der Waals surface area contributed by atoms with E-state index in [1.807, 2.05) is 0 Å². The van der Waals surface area contributed by atoms with Crippen molar-refractivity contribution in [1.29, 1.82) is 0 Å². The molecule has 2 aromatic heterocycles. The Balaban J connectivity index is 1.81. The van der Waals surface area contributed by atoms with Crippen molar-refractivity contribution >= 4 is 5.91 Å². The summed E-state index contributed by atoms with van der Waals surface area (Å²) in [6.45, 7) is 2.17. The molecule has 0 saturated heterocycles. The summed E-state index contributed by atoms with van der Waals surface area (Å²) >= 11 is 0. The second-order valence-electron chi connectivity index (χ2n) is 5.76. The number of aromatic amines is 1. The monoisotopic (exact) mass is 326 g/mol. The topological polar surface area (TPSA) is 75.0 Å². The van der Waals surface area contributed by atoms with Crippen molar-refractivity contribution in [2.45, 2.75) is 19.4 Å². The molecule has 6 nitrogen and oxygen atoms in total. The minimum Gasteiger partial charge on any atom is -0.361 e. The van der Waals surface area contributed by atoms with Crippen molar-refractivity contribution in [1.82, 2.24) is 20.0 Å². The number of hydrogen-bond acceptors (Lipinski definition) is 4. The van der Waals surface area contributed by atoms with E-state index in [9.17, 15) is 9.18 Å². The van der Waals surface area contributed by atoms with Crippen LogP contribution in [0.5, 0.6) is 0 Å². The van der Waals surface area contributed by atoms with Gasteiger partial charge in [-0.15, -0.1) is 0 Å². The highest BCUT2D eigenvalue weighted by Crippen LogP contribution is 2.35. The Kier molecular flexibility index (Phi) is 3.41. The van der Waals surface area contributed by atoms with Gasteiger partial charge in [0, 0.05) is 30.3 Å². The molecule has 0 spiro atoms. The van der Waals surface area contributed by atoms with Gasteiger partial charge in [-0.2, -0.15) is 0 Å². The van der Waals surface area contributed by atoms with Crippen LogP contribution in [0.2, 0.25) is 0 Å². The zero-order valence-corrected chi connectivity index (χ0v) is 13.0. The molecule has 3 heterocycles. The summed E-state index contributed by atoms with van der Waals surface area (Å²) in [5.41, 5.74) is 2.22. The van der Waals surface area contributed by atoms with Gasteiger partial charge in [-0.05, 0) is 13.0 Å². The van der Waals surface area contributed by atoms with Crippen molar-refractivity contribution in [3.8, 4) is 0 Å². The van der Waals surface area contributed by atoms with Crippen LogP contribution in [0, 0.1) is 12.7 Å². The average Bonchev–Trinajstić information content (AvgIpc) is 3.22. The van der Waals surface area contributed by atoms with Crippen LogP contribution >= 0.6 is 0 Å². The first kappa shape index (κ1) is 14.6. The van der Waals surface area contributed by atoms with E-state index in [2.05, 4.69) is 15.1 Å². The molecule has 1 N–H and O–H groups in total. The maximum atomic E-state index is 14.4. The van der Waals surface area contributed by atoms with Crippen LogP contribution in [0.4, 0.5) is 4.39 Å². The molecular formula is C17H15FN4O2. The fourth-order valence-electron chi connectivity index (χ4n) is 3.12. The number of amides is 1. The summed E-state index contributed by atoms with van der Waals surface area (Å²) < 4.78 is 19.4. The van der Waals surface area contributed by atoms with Crippen LogP contribution in [0.1, 0.15) is 39.2 Å². The fraction of sp³-hybridized carbons (Fsp3) is 0.235. The number of rotatable bonds is 2. The molecule has 122 valence electrons. The predicted molar refractivity (Wildman–Crippen MR) is 82.8 cm³/mol. The molecule has 0 aliphatic carbocycles. The van der Waals surface area contributed by atoms with Gasteiger partial charge < -0.3 is 14.4 Å². The lowest BCUT2D eigenvalue weighted by Gasteiger charge is -2.34. The van der Waals surface area contributed by atoms with Crippen LogP contribution in [0.3, 0.4) is 0 Å². The summed E-state index contributed by atoms with van der Waals surface area (Å²) in [6, 6.07) is 7.44. The predicted octanol–water partition coefficient (Wildman–Crippen LogP) is 2.63. The smallest absolute Gasteiger partial charge is 0.276 e. The molecule has 1 unspecified atom stereocenters. The summed E-state index contributed by atoms with van der Waals surface area (Å²) in [6.07, 6.45) is 2.20. The Labute approximate surface area is 137 Å². The van der Waals surface area contributed by atoms with Gasteiger partial charge in [0.15, 0.2) is 5.69 Å². The Morgan fingerprint density at radius 3 is 3.00 bits per heavy atom. The van der Waals surface area contributed by atoms with Gasteiger partial charge in [-0.1, -0.05) is 23.4 Å². The van der Waals surface area contributed by atoms with Crippen molar-refractivity contribution in [3.63, 3.8) is 0 Å². The SMILES string of the molecule is Cc1cc(C(=O)N2CCc3[nH]cnc3C2c2ccccc2F)no1. The van der Waals surface area contributed by atoms with Gasteiger partial charge >= 0.3 is 0 Å². The zero-order chi connectivity index (χ0) is 16.7. The van der Waals surface area contributed by atoms with Crippen LogP contribution < -0.4 is 0 Å². The first-order valence-electron chi connectivity index (χ1n) is 7.66. The lowest BCUT2D eigenvalue weighted by Crippen LogP contribution is -2.41. The summed E-state index contributed by atoms with van der Waals surface area (Å²) in [4.78, 5) is 21.9. The third-order valence-electron chi connectivity index (χ3n) is 4.23. The van der Waals surface area contributed by atoms with Gasteiger partial charge in [0.2, 0.25) is 0 Å². The van der Waals surface area contributed by atoms with E-state index >= 15 is 0 Å². The summed E-state index contributed by atoms with van der Waals surface area (Å²) in [5.74, 6) is -0.112. The second kappa shape index (κ2) is 5.59. The number of carbonyl (C=O) groups excluding carboxylic acids is 1. The molecule has 0 saturated carbocycles. The molecule has 24 heavy (non-hydrogen) atoms. The standard InChI is InChI=1S/C17H15FN4O2/c1-10-8-14(21-24-10)17(23)22-7-6-13-15(20-9-19-13)16(22)11-4-2-3-5-12(11)18/h2-5,8-9,16H,6-7H2,1H3,(H,19,20). The molecule has 0 radical (unpaired) electrons. The van der Waals surface area contributed by atoms with E-state index in [1.54, 1.807) is 42.4 Å². The molecule has 1 amide bonds. The summed E-state index contributed by atoms with van der Waals surface area (Å²) in [7, 11) is 0. The number of fused-ring (bicyclic) bond motifs is 1. The summed E-state index contributed by atoms with van der Waals surface area (Å²) in [5, 5.41) is 3.80. The number of nitrogens with zero attached hydrogens (tertiary/aromatic N) is 3. The van der Waals surface area contributed by atoms with E-state index in [-0.39, 0.29) is 17.4 Å². The van der Waals surface area contributed by atoms with Gasteiger partial charge in [0.05, 0.1) is 12.0 Å². The average molecular weight is 326 g/mol. The minimum atomic E-state index is -0.592. The largest absolute Gasteiger partial charge is 0.361 e. The maximum absolute atomic E-state index is 14.4. The molecule has 1 atom stereocenters. The minimum absolute atomic E-state index is 0.216. The van der Waals surface area contributed by atoms with Gasteiger partial charge in [0.25, 0.3) is 5.91 Å². The number of halogens is 1. The first-order chi connectivity index (χ1) is 11.6.